The Bertz CT molecular complexity index is 812. The van der Waals surface area contributed by atoms with Gasteiger partial charge in [-0.25, -0.2) is 0 Å². The zero-order valence-corrected chi connectivity index (χ0v) is 15.3. The van der Waals surface area contributed by atoms with E-state index in [-0.39, 0.29) is 11.9 Å². The summed E-state index contributed by atoms with van der Waals surface area (Å²) in [7, 11) is 4.06. The zero-order valence-electron chi connectivity index (χ0n) is 14.5. The van der Waals surface area contributed by atoms with Gasteiger partial charge in [0, 0.05) is 12.1 Å². The van der Waals surface area contributed by atoms with E-state index in [0.717, 1.165) is 16.0 Å². The molecule has 1 heterocycles. The van der Waals surface area contributed by atoms with Crippen molar-refractivity contribution in [3.8, 4) is 11.1 Å². The van der Waals surface area contributed by atoms with Crippen LogP contribution in [0, 0.1) is 0 Å². The van der Waals surface area contributed by atoms with Gasteiger partial charge in [0.25, 0.3) is 5.91 Å². The van der Waals surface area contributed by atoms with Crippen LogP contribution >= 0.6 is 11.3 Å². The Morgan fingerprint density at radius 3 is 2.28 bits per heavy atom. The first-order valence-corrected chi connectivity index (χ1v) is 9.17. The molecule has 0 radical (unpaired) electrons. The van der Waals surface area contributed by atoms with Crippen molar-refractivity contribution in [2.75, 3.05) is 20.6 Å². The van der Waals surface area contributed by atoms with Gasteiger partial charge in [0.05, 0.1) is 10.9 Å². The fraction of sp³-hybridized carbons (Fsp3) is 0.190. The van der Waals surface area contributed by atoms with Crippen molar-refractivity contribution in [2.24, 2.45) is 0 Å². The molecule has 0 spiro atoms. The predicted octanol–water partition coefficient (Wildman–Crippen LogP) is 4.45. The molecule has 0 aliphatic heterocycles. The number of hydrogen-bond donors (Lipinski definition) is 1. The van der Waals surface area contributed by atoms with E-state index in [1.165, 1.54) is 16.9 Å². The second-order valence-electron chi connectivity index (χ2n) is 6.13. The van der Waals surface area contributed by atoms with Gasteiger partial charge in [-0.1, -0.05) is 60.7 Å². The number of rotatable bonds is 6. The number of thiophene rings is 1. The molecule has 128 valence electrons. The van der Waals surface area contributed by atoms with Gasteiger partial charge >= 0.3 is 0 Å². The molecule has 0 saturated carbocycles. The van der Waals surface area contributed by atoms with Crippen molar-refractivity contribution in [3.63, 3.8) is 0 Å². The first-order valence-electron chi connectivity index (χ1n) is 8.29. The Hall–Kier alpha value is -2.43. The molecular weight excluding hydrogens is 328 g/mol. The molecular formula is C21H22N2OS. The van der Waals surface area contributed by atoms with E-state index in [0.29, 0.717) is 6.54 Å². The fourth-order valence-corrected chi connectivity index (χ4v) is 3.71. The molecule has 1 aromatic heterocycles. The first kappa shape index (κ1) is 17.4. The van der Waals surface area contributed by atoms with Crippen LogP contribution in [0.1, 0.15) is 21.3 Å². The number of nitrogens with one attached hydrogen (secondary N) is 1. The van der Waals surface area contributed by atoms with Crippen molar-refractivity contribution < 1.29 is 4.79 Å². The molecule has 0 unspecified atom stereocenters. The topological polar surface area (TPSA) is 32.3 Å². The van der Waals surface area contributed by atoms with Crippen molar-refractivity contribution in [1.29, 1.82) is 0 Å². The van der Waals surface area contributed by atoms with E-state index in [1.54, 1.807) is 0 Å². The number of nitrogens with zero attached hydrogens (tertiary/aromatic N) is 1. The van der Waals surface area contributed by atoms with Crippen LogP contribution < -0.4 is 5.32 Å². The monoisotopic (exact) mass is 350 g/mol. The Labute approximate surface area is 152 Å². The minimum absolute atomic E-state index is 0.0170. The summed E-state index contributed by atoms with van der Waals surface area (Å²) in [4.78, 5) is 15.6. The molecule has 4 heteroatoms. The smallest absolute Gasteiger partial charge is 0.262 e. The minimum atomic E-state index is -0.0170. The molecule has 25 heavy (non-hydrogen) atoms. The SMILES string of the molecule is CN(C)[C@@H](CNC(=O)c1sccc1-c1ccccc1)c1ccccc1. The fourth-order valence-electron chi connectivity index (χ4n) is 2.87. The van der Waals surface area contributed by atoms with Crippen molar-refractivity contribution in [3.05, 3.63) is 82.6 Å². The third-order valence-electron chi connectivity index (χ3n) is 4.22. The van der Waals surface area contributed by atoms with Crippen LogP contribution in [0.25, 0.3) is 11.1 Å². The second-order valence-corrected chi connectivity index (χ2v) is 7.05. The summed E-state index contributed by atoms with van der Waals surface area (Å²) in [5, 5.41) is 5.08. The number of benzene rings is 2. The van der Waals surface area contributed by atoms with Crippen LogP contribution in [0.4, 0.5) is 0 Å². The van der Waals surface area contributed by atoms with Gasteiger partial charge in [-0.3, -0.25) is 4.79 Å². The van der Waals surface area contributed by atoms with E-state index in [2.05, 4.69) is 22.3 Å². The Kier molecular flexibility index (Phi) is 5.64. The summed E-state index contributed by atoms with van der Waals surface area (Å²) < 4.78 is 0. The molecule has 2 aromatic carbocycles. The first-order chi connectivity index (χ1) is 12.2. The Morgan fingerprint density at radius 1 is 1.00 bits per heavy atom. The van der Waals surface area contributed by atoms with Gasteiger partial charge < -0.3 is 10.2 Å². The van der Waals surface area contributed by atoms with Crippen molar-refractivity contribution in [1.82, 2.24) is 10.2 Å². The molecule has 1 atom stereocenters. The highest BCUT2D eigenvalue weighted by Crippen LogP contribution is 2.28. The van der Waals surface area contributed by atoms with E-state index in [1.807, 2.05) is 74.1 Å². The number of carbonyl (C=O) groups is 1. The van der Waals surface area contributed by atoms with Gasteiger partial charge in [0.1, 0.15) is 0 Å². The molecule has 0 saturated heterocycles. The number of amides is 1. The van der Waals surface area contributed by atoms with Crippen molar-refractivity contribution >= 4 is 17.2 Å². The normalized spacial score (nSPS) is 12.1. The maximum atomic E-state index is 12.7. The molecule has 0 bridgehead atoms. The summed E-state index contributed by atoms with van der Waals surface area (Å²) in [5.41, 5.74) is 3.26. The lowest BCUT2D eigenvalue weighted by Gasteiger charge is -2.25. The molecule has 0 aliphatic rings. The van der Waals surface area contributed by atoms with Crippen LogP contribution in [-0.2, 0) is 0 Å². The van der Waals surface area contributed by atoms with Gasteiger partial charge in [-0.15, -0.1) is 11.3 Å². The molecule has 0 fully saturated rings. The van der Waals surface area contributed by atoms with E-state index >= 15 is 0 Å². The Morgan fingerprint density at radius 2 is 1.64 bits per heavy atom. The van der Waals surface area contributed by atoms with E-state index in [9.17, 15) is 4.79 Å². The van der Waals surface area contributed by atoms with Crippen LogP contribution in [0.3, 0.4) is 0 Å². The number of hydrogen-bond acceptors (Lipinski definition) is 3. The summed E-state index contributed by atoms with van der Waals surface area (Å²) in [6.07, 6.45) is 0. The quantitative estimate of drug-likeness (QED) is 0.712. The average Bonchev–Trinajstić information content (AvgIpc) is 3.13. The number of carbonyl (C=O) groups excluding carboxylic acids is 1. The van der Waals surface area contributed by atoms with Gasteiger partial charge in [-0.05, 0) is 36.7 Å². The summed E-state index contributed by atoms with van der Waals surface area (Å²) >= 11 is 1.48. The maximum absolute atomic E-state index is 12.7. The molecule has 3 aromatic rings. The molecule has 3 rings (SSSR count). The molecule has 3 nitrogen and oxygen atoms in total. The van der Waals surface area contributed by atoms with Gasteiger partial charge in [0.15, 0.2) is 0 Å². The van der Waals surface area contributed by atoms with Crippen LogP contribution in [-0.4, -0.2) is 31.4 Å². The lowest BCUT2D eigenvalue weighted by atomic mass is 10.1. The van der Waals surface area contributed by atoms with Crippen molar-refractivity contribution in [2.45, 2.75) is 6.04 Å². The standard InChI is InChI=1S/C21H22N2OS/c1-23(2)19(17-11-7-4-8-12-17)15-22-21(24)20-18(13-14-25-20)16-9-5-3-6-10-16/h3-14,19H,15H2,1-2H3,(H,22,24)/t19-/m0/s1. The lowest BCUT2D eigenvalue weighted by Crippen LogP contribution is -2.34. The largest absolute Gasteiger partial charge is 0.349 e. The highest BCUT2D eigenvalue weighted by molar-refractivity contribution is 7.12. The van der Waals surface area contributed by atoms with Crippen LogP contribution in [0.5, 0.6) is 0 Å². The second kappa shape index (κ2) is 8.10. The third-order valence-corrected chi connectivity index (χ3v) is 5.13. The van der Waals surface area contributed by atoms with E-state index in [4.69, 9.17) is 0 Å². The summed E-state index contributed by atoms with van der Waals surface area (Å²) in [6, 6.07) is 22.4. The maximum Gasteiger partial charge on any atom is 0.262 e. The van der Waals surface area contributed by atoms with Gasteiger partial charge in [0.2, 0.25) is 0 Å². The predicted molar refractivity (Wildman–Crippen MR) is 105 cm³/mol. The molecule has 1 N–H and O–H groups in total. The van der Waals surface area contributed by atoms with Gasteiger partial charge in [-0.2, -0.15) is 0 Å². The highest BCUT2D eigenvalue weighted by atomic mass is 32.1. The average molecular weight is 350 g/mol. The zero-order chi connectivity index (χ0) is 17.6. The third kappa shape index (κ3) is 4.16. The minimum Gasteiger partial charge on any atom is -0.349 e. The summed E-state index contributed by atoms with van der Waals surface area (Å²) in [6.45, 7) is 0.571. The summed E-state index contributed by atoms with van der Waals surface area (Å²) in [5.74, 6) is -0.0170. The van der Waals surface area contributed by atoms with E-state index < -0.39 is 0 Å². The number of likely N-dealkylation sites (N-methyl/N-ethyl adjacent to an activating group) is 1. The Balaban J connectivity index is 1.74. The van der Waals surface area contributed by atoms with Crippen LogP contribution in [0.15, 0.2) is 72.1 Å². The molecule has 0 aliphatic carbocycles. The lowest BCUT2D eigenvalue weighted by molar-refractivity contribution is 0.0946. The molecule has 1 amide bonds. The highest BCUT2D eigenvalue weighted by Gasteiger charge is 2.18. The van der Waals surface area contributed by atoms with Crippen LogP contribution in [0.2, 0.25) is 0 Å².